The molecule has 1 rings (SSSR count). The zero-order valence-electron chi connectivity index (χ0n) is 8.25. The third-order valence-corrected chi connectivity index (χ3v) is 2.09. The summed E-state index contributed by atoms with van der Waals surface area (Å²) in [4.78, 5) is 29.2. The van der Waals surface area contributed by atoms with Crippen molar-refractivity contribution < 1.29 is 9.59 Å². The zero-order chi connectivity index (χ0) is 12.1. The highest BCUT2D eigenvalue weighted by atomic mass is 35.5. The zero-order valence-corrected chi connectivity index (χ0v) is 9.76. The smallest absolute Gasteiger partial charge is 0.243 e. The van der Waals surface area contributed by atoms with Gasteiger partial charge in [-0.15, -0.1) is 0 Å². The van der Waals surface area contributed by atoms with Crippen molar-refractivity contribution in [1.82, 2.24) is 15.3 Å². The number of hydrogen-bond donors (Lipinski definition) is 2. The van der Waals surface area contributed by atoms with Crippen LogP contribution in [0.5, 0.6) is 0 Å². The summed E-state index contributed by atoms with van der Waals surface area (Å²) in [6, 6.07) is 0. The van der Waals surface area contributed by atoms with Gasteiger partial charge < -0.3 is 10.6 Å². The van der Waals surface area contributed by atoms with Crippen LogP contribution in [0.2, 0.25) is 10.3 Å². The second kappa shape index (κ2) is 5.62. The molecule has 0 radical (unpaired) electrons. The molecule has 0 aliphatic carbocycles. The van der Waals surface area contributed by atoms with E-state index < -0.39 is 5.91 Å². The SMILES string of the molecule is CC(=O)NCC(=O)Nc1c(Cl)ncnc1Cl. The van der Waals surface area contributed by atoms with Gasteiger partial charge in [-0.2, -0.15) is 0 Å². The second-order valence-corrected chi connectivity index (χ2v) is 3.50. The summed E-state index contributed by atoms with van der Waals surface area (Å²) in [5, 5.41) is 4.79. The maximum absolute atomic E-state index is 11.3. The third kappa shape index (κ3) is 3.63. The molecule has 6 nitrogen and oxygen atoms in total. The Hall–Kier alpha value is -1.40. The first-order valence-electron chi connectivity index (χ1n) is 4.21. The normalized spacial score (nSPS) is 9.69. The summed E-state index contributed by atoms with van der Waals surface area (Å²) in [5.74, 6) is -0.773. The quantitative estimate of drug-likeness (QED) is 0.792. The van der Waals surface area contributed by atoms with Crippen LogP contribution >= 0.6 is 23.2 Å². The molecule has 0 bridgehead atoms. The van der Waals surface area contributed by atoms with Gasteiger partial charge in [-0.3, -0.25) is 9.59 Å². The number of anilines is 1. The minimum absolute atomic E-state index is 0.0381. The molecular weight excluding hydrogens is 255 g/mol. The lowest BCUT2D eigenvalue weighted by Crippen LogP contribution is -2.31. The molecule has 2 amide bonds. The van der Waals surface area contributed by atoms with Gasteiger partial charge in [0.25, 0.3) is 0 Å². The van der Waals surface area contributed by atoms with Crippen LogP contribution in [-0.4, -0.2) is 28.3 Å². The van der Waals surface area contributed by atoms with Gasteiger partial charge in [0.05, 0.1) is 6.54 Å². The Balaban J connectivity index is 2.66. The summed E-state index contributed by atoms with van der Waals surface area (Å²) in [5.41, 5.74) is 0.126. The van der Waals surface area contributed by atoms with Crippen molar-refractivity contribution in [1.29, 1.82) is 0 Å². The van der Waals surface area contributed by atoms with E-state index in [9.17, 15) is 9.59 Å². The van der Waals surface area contributed by atoms with Gasteiger partial charge in [0.15, 0.2) is 10.3 Å². The molecule has 0 unspecified atom stereocenters. The van der Waals surface area contributed by atoms with E-state index in [0.29, 0.717) is 0 Å². The van der Waals surface area contributed by atoms with E-state index in [0.717, 1.165) is 0 Å². The van der Waals surface area contributed by atoms with Gasteiger partial charge in [0.1, 0.15) is 12.0 Å². The van der Waals surface area contributed by atoms with Crippen LogP contribution in [0, 0.1) is 0 Å². The molecule has 1 aromatic rings. The lowest BCUT2D eigenvalue weighted by molar-refractivity contribution is -0.122. The van der Waals surface area contributed by atoms with E-state index >= 15 is 0 Å². The predicted molar refractivity (Wildman–Crippen MR) is 59.4 cm³/mol. The molecule has 2 N–H and O–H groups in total. The number of halogens is 2. The lowest BCUT2D eigenvalue weighted by Gasteiger charge is -2.07. The van der Waals surface area contributed by atoms with Crippen LogP contribution in [0.1, 0.15) is 6.92 Å². The van der Waals surface area contributed by atoms with Gasteiger partial charge in [-0.05, 0) is 0 Å². The molecule has 0 saturated carbocycles. The third-order valence-electron chi connectivity index (χ3n) is 1.52. The van der Waals surface area contributed by atoms with Gasteiger partial charge in [-0.1, -0.05) is 23.2 Å². The number of hydrogen-bond acceptors (Lipinski definition) is 4. The van der Waals surface area contributed by atoms with Crippen molar-refractivity contribution >= 4 is 40.7 Å². The van der Waals surface area contributed by atoms with Crippen molar-refractivity contribution in [2.75, 3.05) is 11.9 Å². The van der Waals surface area contributed by atoms with Crippen molar-refractivity contribution in [3.05, 3.63) is 16.6 Å². The molecule has 0 aliphatic heterocycles. The molecule has 0 aliphatic rings. The fourth-order valence-electron chi connectivity index (χ4n) is 0.836. The number of carbonyl (C=O) groups is 2. The van der Waals surface area contributed by atoms with Crippen molar-refractivity contribution in [2.24, 2.45) is 0 Å². The van der Waals surface area contributed by atoms with E-state index in [1.165, 1.54) is 13.3 Å². The Morgan fingerprint density at radius 3 is 2.38 bits per heavy atom. The number of amides is 2. The first kappa shape index (κ1) is 12.7. The first-order valence-corrected chi connectivity index (χ1v) is 4.96. The predicted octanol–water partition coefficient (Wildman–Crippen LogP) is 0.858. The van der Waals surface area contributed by atoms with Crippen LogP contribution in [0.25, 0.3) is 0 Å². The molecule has 16 heavy (non-hydrogen) atoms. The fraction of sp³-hybridized carbons (Fsp3) is 0.250. The minimum atomic E-state index is -0.464. The van der Waals surface area contributed by atoms with E-state index in [4.69, 9.17) is 23.2 Å². The van der Waals surface area contributed by atoms with Crippen LogP contribution < -0.4 is 10.6 Å². The van der Waals surface area contributed by atoms with Crippen LogP contribution in [0.4, 0.5) is 5.69 Å². The molecule has 1 aromatic heterocycles. The topological polar surface area (TPSA) is 84.0 Å². The molecule has 0 spiro atoms. The summed E-state index contributed by atoms with van der Waals surface area (Å²) in [6.45, 7) is 1.13. The number of rotatable bonds is 3. The fourth-order valence-corrected chi connectivity index (χ4v) is 1.25. The Bertz CT molecular complexity index is 404. The van der Waals surface area contributed by atoms with Gasteiger partial charge in [0.2, 0.25) is 11.8 Å². The van der Waals surface area contributed by atoms with E-state index in [2.05, 4.69) is 20.6 Å². The maximum atomic E-state index is 11.3. The van der Waals surface area contributed by atoms with Gasteiger partial charge in [0, 0.05) is 6.92 Å². The Labute approximate surface area is 101 Å². The van der Waals surface area contributed by atoms with Crippen LogP contribution in [0.15, 0.2) is 6.33 Å². The first-order chi connectivity index (χ1) is 7.50. The van der Waals surface area contributed by atoms with Crippen LogP contribution in [-0.2, 0) is 9.59 Å². The van der Waals surface area contributed by atoms with Gasteiger partial charge >= 0.3 is 0 Å². The highest BCUT2D eigenvalue weighted by molar-refractivity contribution is 6.38. The second-order valence-electron chi connectivity index (χ2n) is 2.79. The highest BCUT2D eigenvalue weighted by Gasteiger charge is 2.11. The average molecular weight is 263 g/mol. The standard InChI is InChI=1S/C8H8Cl2N4O2/c1-4(15)11-2-5(16)14-6-7(9)12-3-13-8(6)10/h3H,2H2,1H3,(H,11,15)(H,14,16). The van der Waals surface area contributed by atoms with Crippen molar-refractivity contribution in [3.8, 4) is 0 Å². The van der Waals surface area contributed by atoms with Crippen molar-refractivity contribution in [2.45, 2.75) is 6.92 Å². The maximum Gasteiger partial charge on any atom is 0.243 e. The number of carbonyl (C=O) groups excluding carboxylic acids is 2. The number of nitrogens with zero attached hydrogens (tertiary/aromatic N) is 2. The largest absolute Gasteiger partial charge is 0.347 e. The molecule has 0 fully saturated rings. The molecule has 0 atom stereocenters. The summed E-state index contributed by atoms with van der Waals surface area (Å²) < 4.78 is 0. The Morgan fingerprint density at radius 2 is 1.88 bits per heavy atom. The molecule has 1 heterocycles. The monoisotopic (exact) mass is 262 g/mol. The summed E-state index contributed by atoms with van der Waals surface area (Å²) in [6.07, 6.45) is 1.17. The van der Waals surface area contributed by atoms with E-state index in [1.54, 1.807) is 0 Å². The Kier molecular flexibility index (Phi) is 4.45. The van der Waals surface area contributed by atoms with E-state index in [-0.39, 0.29) is 28.4 Å². The molecule has 0 aromatic carbocycles. The van der Waals surface area contributed by atoms with E-state index in [1.807, 2.05) is 0 Å². The number of nitrogens with one attached hydrogen (secondary N) is 2. The average Bonchev–Trinajstić information content (AvgIpc) is 2.21. The summed E-state index contributed by atoms with van der Waals surface area (Å²) in [7, 11) is 0. The number of aromatic nitrogens is 2. The Morgan fingerprint density at radius 1 is 1.31 bits per heavy atom. The van der Waals surface area contributed by atoms with Crippen LogP contribution in [0.3, 0.4) is 0 Å². The molecule has 86 valence electrons. The molecular formula is C8H8Cl2N4O2. The lowest BCUT2D eigenvalue weighted by atomic mass is 10.4. The van der Waals surface area contributed by atoms with Crippen molar-refractivity contribution in [3.63, 3.8) is 0 Å². The van der Waals surface area contributed by atoms with Gasteiger partial charge in [-0.25, -0.2) is 9.97 Å². The minimum Gasteiger partial charge on any atom is -0.347 e. The molecule has 0 saturated heterocycles. The summed E-state index contributed by atoms with van der Waals surface area (Å²) >= 11 is 11.4. The molecule has 8 heteroatoms. The highest BCUT2D eigenvalue weighted by Crippen LogP contribution is 2.25.